The molecule has 2 aromatic carbocycles. The molecule has 2 aromatic rings. The highest BCUT2D eigenvalue weighted by atomic mass is 16.5. The minimum absolute atomic E-state index is 0.0497. The number of nitriles is 1. The Hall–Kier alpha value is -3.23. The molecule has 1 fully saturated rings. The number of aliphatic imine (C=N–C) groups is 1. The van der Waals surface area contributed by atoms with Gasteiger partial charge >= 0.3 is 0 Å². The Kier molecular flexibility index (Phi) is 6.82. The molecule has 1 aliphatic carbocycles. The smallest absolute Gasteiger partial charge is 0.177 e. The summed E-state index contributed by atoms with van der Waals surface area (Å²) in [6, 6.07) is 17.8. The molecular weight excluding hydrogens is 398 g/mol. The topological polar surface area (TPSA) is 88.5 Å². The summed E-state index contributed by atoms with van der Waals surface area (Å²) in [5.41, 5.74) is 10.3. The standard InChI is InChI=1S/C27H29N3O2/c1-32-24-12-4-18(5-13-24)14-20-15-25(21-6-2-19(17-28)3-7-21)30-27(26(31)16-20)22-8-10-23(29)11-9-22/h2-7,12-13,15,20,22-23H,8-11,14,16,29H2,1H3. The minimum atomic E-state index is 0.0497. The number of hydrogen-bond acceptors (Lipinski definition) is 5. The van der Waals surface area contributed by atoms with Crippen LogP contribution < -0.4 is 10.5 Å². The van der Waals surface area contributed by atoms with Crippen molar-refractivity contribution in [3.05, 3.63) is 71.3 Å². The van der Waals surface area contributed by atoms with Crippen LogP contribution in [-0.4, -0.2) is 24.6 Å². The molecule has 5 heteroatoms. The molecule has 0 bridgehead atoms. The lowest BCUT2D eigenvalue weighted by Gasteiger charge is -2.26. The lowest BCUT2D eigenvalue weighted by molar-refractivity contribution is -0.113. The molecular formula is C27H29N3O2. The number of Topliss-reactive ketones (excluding diaryl/α,β-unsaturated/α-hetero) is 1. The molecule has 0 aromatic heterocycles. The van der Waals surface area contributed by atoms with Crippen LogP contribution in [0.1, 0.15) is 48.8 Å². The van der Waals surface area contributed by atoms with Crippen LogP contribution in [0.15, 0.2) is 59.6 Å². The average molecular weight is 428 g/mol. The zero-order valence-corrected chi connectivity index (χ0v) is 18.5. The van der Waals surface area contributed by atoms with Crippen molar-refractivity contribution in [2.24, 2.45) is 22.6 Å². The van der Waals surface area contributed by atoms with E-state index in [1.807, 2.05) is 36.4 Å². The predicted molar refractivity (Wildman–Crippen MR) is 126 cm³/mol. The molecule has 0 saturated heterocycles. The zero-order valence-electron chi connectivity index (χ0n) is 18.5. The molecule has 4 rings (SSSR count). The third-order valence-electron chi connectivity index (χ3n) is 6.49. The van der Waals surface area contributed by atoms with Crippen molar-refractivity contribution in [2.75, 3.05) is 7.11 Å². The summed E-state index contributed by atoms with van der Waals surface area (Å²) in [5, 5.41) is 9.14. The normalized spacial score (nSPS) is 23.5. The Morgan fingerprint density at radius 2 is 1.75 bits per heavy atom. The first-order valence-electron chi connectivity index (χ1n) is 11.3. The van der Waals surface area contributed by atoms with Crippen molar-refractivity contribution in [3.8, 4) is 11.8 Å². The number of hydrogen-bond donors (Lipinski definition) is 1. The van der Waals surface area contributed by atoms with Crippen LogP contribution in [0.5, 0.6) is 5.75 Å². The first kappa shape index (κ1) is 22.0. The van der Waals surface area contributed by atoms with Crippen molar-refractivity contribution >= 4 is 17.2 Å². The van der Waals surface area contributed by atoms with Crippen LogP contribution in [-0.2, 0) is 11.2 Å². The fraction of sp³-hybridized carbons (Fsp3) is 0.370. The molecule has 2 aliphatic rings. The van der Waals surface area contributed by atoms with E-state index in [1.165, 1.54) is 0 Å². The fourth-order valence-corrected chi connectivity index (χ4v) is 4.64. The van der Waals surface area contributed by atoms with E-state index in [2.05, 4.69) is 12.1 Å². The number of benzene rings is 2. The Morgan fingerprint density at radius 3 is 2.38 bits per heavy atom. The molecule has 5 nitrogen and oxygen atoms in total. The lowest BCUT2D eigenvalue weighted by atomic mass is 9.81. The summed E-state index contributed by atoms with van der Waals surface area (Å²) in [5.74, 6) is 1.18. The number of nitrogens with two attached hydrogens (primary N) is 1. The predicted octanol–water partition coefficient (Wildman–Crippen LogP) is 4.70. The Bertz CT molecular complexity index is 1050. The highest BCUT2D eigenvalue weighted by molar-refractivity contribution is 6.41. The number of rotatable bonds is 5. The largest absolute Gasteiger partial charge is 0.497 e. The first-order valence-corrected chi connectivity index (χ1v) is 11.3. The van der Waals surface area contributed by atoms with Crippen molar-refractivity contribution in [1.29, 1.82) is 5.26 Å². The van der Waals surface area contributed by atoms with Gasteiger partial charge in [0.15, 0.2) is 5.78 Å². The van der Waals surface area contributed by atoms with E-state index in [4.69, 9.17) is 20.7 Å². The van der Waals surface area contributed by atoms with Gasteiger partial charge in [-0.2, -0.15) is 5.26 Å². The maximum Gasteiger partial charge on any atom is 0.177 e. The molecule has 1 unspecified atom stereocenters. The zero-order chi connectivity index (χ0) is 22.5. The van der Waals surface area contributed by atoms with Gasteiger partial charge in [-0.1, -0.05) is 30.3 Å². The van der Waals surface area contributed by atoms with Crippen LogP contribution >= 0.6 is 0 Å². The van der Waals surface area contributed by atoms with Gasteiger partial charge in [-0.3, -0.25) is 4.79 Å². The van der Waals surface area contributed by atoms with E-state index >= 15 is 0 Å². The molecule has 1 saturated carbocycles. The summed E-state index contributed by atoms with van der Waals surface area (Å²) >= 11 is 0. The van der Waals surface area contributed by atoms with Crippen molar-refractivity contribution in [2.45, 2.75) is 44.6 Å². The number of nitrogens with zero attached hydrogens (tertiary/aromatic N) is 2. The van der Waals surface area contributed by atoms with E-state index in [1.54, 1.807) is 19.2 Å². The summed E-state index contributed by atoms with van der Waals surface area (Å²) in [6.45, 7) is 0. The highest BCUT2D eigenvalue weighted by Gasteiger charge is 2.30. The van der Waals surface area contributed by atoms with Crippen molar-refractivity contribution in [1.82, 2.24) is 0 Å². The molecule has 2 N–H and O–H groups in total. The van der Waals surface area contributed by atoms with Crippen LogP contribution in [0.3, 0.4) is 0 Å². The molecule has 32 heavy (non-hydrogen) atoms. The summed E-state index contributed by atoms with van der Waals surface area (Å²) < 4.78 is 5.26. The summed E-state index contributed by atoms with van der Waals surface area (Å²) in [7, 11) is 1.66. The average Bonchev–Trinajstić information content (AvgIpc) is 2.98. The number of methoxy groups -OCH3 is 1. The second-order valence-electron chi connectivity index (χ2n) is 8.79. The van der Waals surface area contributed by atoms with Crippen molar-refractivity contribution < 1.29 is 9.53 Å². The highest BCUT2D eigenvalue weighted by Crippen LogP contribution is 2.32. The third-order valence-corrected chi connectivity index (χ3v) is 6.49. The number of allylic oxidation sites excluding steroid dienone is 1. The summed E-state index contributed by atoms with van der Waals surface area (Å²) in [4.78, 5) is 18.2. The maximum atomic E-state index is 13.3. The van der Waals surface area contributed by atoms with Gasteiger partial charge in [-0.25, -0.2) is 4.99 Å². The van der Waals surface area contributed by atoms with E-state index in [0.29, 0.717) is 17.7 Å². The third kappa shape index (κ3) is 5.15. The lowest BCUT2D eigenvalue weighted by Crippen LogP contribution is -2.33. The van der Waals surface area contributed by atoms with Gasteiger partial charge in [0, 0.05) is 18.4 Å². The van der Waals surface area contributed by atoms with E-state index in [0.717, 1.165) is 54.7 Å². The molecule has 0 radical (unpaired) electrons. The minimum Gasteiger partial charge on any atom is -0.497 e. The van der Waals surface area contributed by atoms with Gasteiger partial charge in [0.05, 0.1) is 30.2 Å². The Balaban J connectivity index is 1.65. The van der Waals surface area contributed by atoms with Gasteiger partial charge < -0.3 is 10.5 Å². The second kappa shape index (κ2) is 9.93. The quantitative estimate of drug-likeness (QED) is 0.749. The van der Waals surface area contributed by atoms with E-state index in [-0.39, 0.29) is 23.7 Å². The SMILES string of the molecule is COc1ccc(CC2C=C(c3ccc(C#N)cc3)N=C(C3CCC(N)CC3)C(=O)C2)cc1. The van der Waals surface area contributed by atoms with Gasteiger partial charge in [-0.05, 0) is 73.4 Å². The van der Waals surface area contributed by atoms with Gasteiger partial charge in [0.25, 0.3) is 0 Å². The first-order chi connectivity index (χ1) is 15.6. The molecule has 1 aliphatic heterocycles. The monoisotopic (exact) mass is 427 g/mol. The summed E-state index contributed by atoms with van der Waals surface area (Å²) in [6.07, 6.45) is 7.03. The molecule has 1 heterocycles. The van der Waals surface area contributed by atoms with E-state index in [9.17, 15) is 4.79 Å². The molecule has 164 valence electrons. The Labute approximate surface area is 189 Å². The fourth-order valence-electron chi connectivity index (χ4n) is 4.64. The van der Waals surface area contributed by atoms with Gasteiger partial charge in [0.1, 0.15) is 5.75 Å². The van der Waals surface area contributed by atoms with Gasteiger partial charge in [0.2, 0.25) is 0 Å². The second-order valence-corrected chi connectivity index (χ2v) is 8.79. The van der Waals surface area contributed by atoms with Crippen LogP contribution in [0.2, 0.25) is 0 Å². The Morgan fingerprint density at radius 1 is 1.06 bits per heavy atom. The number of ketones is 1. The van der Waals surface area contributed by atoms with Gasteiger partial charge in [-0.15, -0.1) is 0 Å². The molecule has 1 atom stereocenters. The van der Waals surface area contributed by atoms with E-state index < -0.39 is 0 Å². The molecule has 0 spiro atoms. The maximum absolute atomic E-state index is 13.3. The number of carbonyl (C=O) groups is 1. The van der Waals surface area contributed by atoms with Crippen molar-refractivity contribution in [3.63, 3.8) is 0 Å². The van der Waals surface area contributed by atoms with Crippen LogP contribution in [0.4, 0.5) is 0 Å². The number of ether oxygens (including phenoxy) is 1. The van der Waals surface area contributed by atoms with Crippen LogP contribution in [0, 0.1) is 23.2 Å². The van der Waals surface area contributed by atoms with Crippen LogP contribution in [0.25, 0.3) is 5.70 Å². The molecule has 0 amide bonds. The number of carbonyl (C=O) groups excluding carboxylic acids is 1.